The van der Waals surface area contributed by atoms with Gasteiger partial charge in [-0.05, 0) is 36.2 Å². The van der Waals surface area contributed by atoms with Crippen molar-refractivity contribution in [2.45, 2.75) is 25.8 Å². The van der Waals surface area contributed by atoms with Crippen LogP contribution in [0, 0.1) is 0 Å². The molecule has 7 heteroatoms. The summed E-state index contributed by atoms with van der Waals surface area (Å²) in [6, 6.07) is 13.3. The lowest BCUT2D eigenvalue weighted by Crippen LogP contribution is -2.32. The Bertz CT molecular complexity index is 982. The fourth-order valence-corrected chi connectivity index (χ4v) is 3.66. The topological polar surface area (TPSA) is 85.3 Å². The summed E-state index contributed by atoms with van der Waals surface area (Å²) in [5.41, 5.74) is 1.15. The van der Waals surface area contributed by atoms with Crippen molar-refractivity contribution >= 4 is 17.4 Å². The lowest BCUT2D eigenvalue weighted by atomic mass is 9.95. The number of rotatable bonds is 10. The van der Waals surface area contributed by atoms with E-state index in [9.17, 15) is 14.7 Å². The van der Waals surface area contributed by atoms with Crippen LogP contribution in [0.3, 0.4) is 0 Å². The van der Waals surface area contributed by atoms with E-state index in [0.717, 1.165) is 12.8 Å². The Balaban J connectivity index is 2.05. The zero-order chi connectivity index (χ0) is 23.1. The van der Waals surface area contributed by atoms with Gasteiger partial charge in [-0.3, -0.25) is 9.59 Å². The number of hydrogen-bond donors (Lipinski definition) is 1. The minimum Gasteiger partial charge on any atom is -0.507 e. The van der Waals surface area contributed by atoms with Crippen LogP contribution in [0.5, 0.6) is 11.5 Å². The highest BCUT2D eigenvalue weighted by Crippen LogP contribution is 2.40. The van der Waals surface area contributed by atoms with Gasteiger partial charge in [-0.1, -0.05) is 37.6 Å². The third kappa shape index (κ3) is 4.94. The van der Waals surface area contributed by atoms with Crippen molar-refractivity contribution in [2.75, 3.05) is 34.0 Å². The molecule has 1 aliphatic rings. The second-order valence-corrected chi connectivity index (χ2v) is 7.49. The molecule has 1 saturated heterocycles. The van der Waals surface area contributed by atoms with Crippen LogP contribution in [0.25, 0.3) is 5.76 Å². The van der Waals surface area contributed by atoms with Crippen molar-refractivity contribution in [3.63, 3.8) is 0 Å². The molecule has 1 aliphatic heterocycles. The van der Waals surface area contributed by atoms with Crippen molar-refractivity contribution in [1.82, 2.24) is 4.90 Å². The predicted molar refractivity (Wildman–Crippen MR) is 121 cm³/mol. The first kappa shape index (κ1) is 23.3. The van der Waals surface area contributed by atoms with E-state index in [-0.39, 0.29) is 24.5 Å². The van der Waals surface area contributed by atoms with Gasteiger partial charge in [0.25, 0.3) is 11.7 Å². The third-order valence-corrected chi connectivity index (χ3v) is 5.38. The minimum absolute atomic E-state index is 0.0435. The van der Waals surface area contributed by atoms with E-state index < -0.39 is 17.7 Å². The Hall–Kier alpha value is -3.32. The first-order valence-corrected chi connectivity index (χ1v) is 10.7. The van der Waals surface area contributed by atoms with Gasteiger partial charge in [-0.25, -0.2) is 0 Å². The van der Waals surface area contributed by atoms with E-state index in [1.54, 1.807) is 55.6 Å². The number of methoxy groups -OCH3 is 2. The van der Waals surface area contributed by atoms with Crippen molar-refractivity contribution in [1.29, 1.82) is 0 Å². The van der Waals surface area contributed by atoms with Crippen LogP contribution in [0.2, 0.25) is 0 Å². The highest BCUT2D eigenvalue weighted by Gasteiger charge is 2.45. The number of hydrogen-bond acceptors (Lipinski definition) is 6. The lowest BCUT2D eigenvalue weighted by Gasteiger charge is -2.25. The van der Waals surface area contributed by atoms with Crippen molar-refractivity contribution in [3.05, 3.63) is 65.2 Å². The fourth-order valence-electron chi connectivity index (χ4n) is 3.66. The number of nitrogens with zero attached hydrogens (tertiary/aromatic N) is 1. The van der Waals surface area contributed by atoms with Gasteiger partial charge in [0.1, 0.15) is 17.3 Å². The van der Waals surface area contributed by atoms with Crippen molar-refractivity contribution in [2.24, 2.45) is 0 Å². The second kappa shape index (κ2) is 10.8. The highest BCUT2D eigenvalue weighted by atomic mass is 16.5. The van der Waals surface area contributed by atoms with Crippen LogP contribution < -0.4 is 9.47 Å². The zero-order valence-corrected chi connectivity index (χ0v) is 18.7. The number of ether oxygens (including phenoxy) is 3. The van der Waals surface area contributed by atoms with Crippen molar-refractivity contribution in [3.8, 4) is 11.5 Å². The summed E-state index contributed by atoms with van der Waals surface area (Å²) in [6.45, 7) is 3.12. The molecule has 1 fully saturated rings. The smallest absolute Gasteiger partial charge is 0.295 e. The first-order valence-electron chi connectivity index (χ1n) is 10.7. The van der Waals surface area contributed by atoms with Crippen LogP contribution >= 0.6 is 0 Å². The largest absolute Gasteiger partial charge is 0.507 e. The summed E-state index contributed by atoms with van der Waals surface area (Å²) in [7, 11) is 3.10. The van der Waals surface area contributed by atoms with Crippen LogP contribution in [-0.4, -0.2) is 55.7 Å². The lowest BCUT2D eigenvalue weighted by molar-refractivity contribution is -0.140. The van der Waals surface area contributed by atoms with Crippen LogP contribution in [0.15, 0.2) is 54.1 Å². The van der Waals surface area contributed by atoms with Gasteiger partial charge < -0.3 is 24.2 Å². The van der Waals surface area contributed by atoms with Gasteiger partial charge in [0.15, 0.2) is 0 Å². The molecule has 2 aromatic carbocycles. The van der Waals surface area contributed by atoms with Crippen molar-refractivity contribution < 1.29 is 28.9 Å². The summed E-state index contributed by atoms with van der Waals surface area (Å²) in [6.07, 6.45) is 1.92. The number of carbonyl (C=O) groups is 2. The van der Waals surface area contributed by atoms with E-state index in [1.165, 1.54) is 12.0 Å². The molecule has 1 amide bonds. The van der Waals surface area contributed by atoms with E-state index in [1.807, 2.05) is 0 Å². The molecule has 0 aromatic heterocycles. The summed E-state index contributed by atoms with van der Waals surface area (Å²) < 4.78 is 16.1. The number of unbranched alkanes of at least 4 members (excludes halogenated alkanes) is 1. The van der Waals surface area contributed by atoms with E-state index in [4.69, 9.17) is 14.2 Å². The standard InChI is InChI=1S/C25H29NO6/c1-4-5-14-32-20-8-6-7-18(16-20)23(27)21-22(17-9-11-19(31-3)12-10-17)26(13-15-30-2)25(29)24(21)28/h6-12,16,22,27H,4-5,13-15H2,1-3H3. The number of carbonyl (C=O) groups excluding carboxylic acids is 2. The number of amides is 1. The monoisotopic (exact) mass is 439 g/mol. The molecule has 170 valence electrons. The summed E-state index contributed by atoms with van der Waals surface area (Å²) in [4.78, 5) is 27.3. The SMILES string of the molecule is CCCCOc1cccc(C(O)=C2C(=O)C(=O)N(CCOC)C2c2ccc(OC)cc2)c1. The molecule has 3 rings (SSSR count). The third-order valence-electron chi connectivity index (χ3n) is 5.38. The maximum atomic E-state index is 13.0. The molecule has 1 heterocycles. The molecule has 1 N–H and O–H groups in total. The van der Waals surface area contributed by atoms with Gasteiger partial charge in [0.05, 0.1) is 31.9 Å². The Morgan fingerprint density at radius 1 is 1.03 bits per heavy atom. The normalized spacial score (nSPS) is 17.6. The molecule has 0 saturated carbocycles. The van der Waals surface area contributed by atoms with E-state index in [2.05, 4.69) is 6.92 Å². The summed E-state index contributed by atoms with van der Waals surface area (Å²) >= 11 is 0. The van der Waals surface area contributed by atoms with Gasteiger partial charge >= 0.3 is 0 Å². The molecule has 0 bridgehead atoms. The molecule has 1 atom stereocenters. The fraction of sp³-hybridized carbons (Fsp3) is 0.360. The maximum Gasteiger partial charge on any atom is 0.295 e. The number of Topliss-reactive ketones (excluding diaryl/α,β-unsaturated/α-hetero) is 1. The molecular weight excluding hydrogens is 410 g/mol. The molecule has 0 aliphatic carbocycles. The van der Waals surface area contributed by atoms with Gasteiger partial charge in [-0.2, -0.15) is 0 Å². The molecule has 2 aromatic rings. The zero-order valence-electron chi connectivity index (χ0n) is 18.7. The van der Waals surface area contributed by atoms with Gasteiger partial charge in [0, 0.05) is 19.2 Å². The Morgan fingerprint density at radius 2 is 1.78 bits per heavy atom. The van der Waals surface area contributed by atoms with E-state index >= 15 is 0 Å². The first-order chi connectivity index (χ1) is 15.5. The average molecular weight is 440 g/mol. The average Bonchev–Trinajstić information content (AvgIpc) is 3.07. The van der Waals surface area contributed by atoms with Crippen LogP contribution in [-0.2, 0) is 14.3 Å². The number of aliphatic hydroxyl groups excluding tert-OH is 1. The number of aliphatic hydroxyl groups is 1. The summed E-state index contributed by atoms with van der Waals surface area (Å²) in [5.74, 6) is -0.377. The van der Waals surface area contributed by atoms with E-state index in [0.29, 0.717) is 29.2 Å². The van der Waals surface area contributed by atoms with Gasteiger partial charge in [-0.15, -0.1) is 0 Å². The molecule has 32 heavy (non-hydrogen) atoms. The maximum absolute atomic E-state index is 13.0. The molecular formula is C25H29NO6. The van der Waals surface area contributed by atoms with Gasteiger partial charge in [0.2, 0.25) is 0 Å². The predicted octanol–water partition coefficient (Wildman–Crippen LogP) is 3.94. The Kier molecular flexibility index (Phi) is 7.89. The molecule has 0 spiro atoms. The van der Waals surface area contributed by atoms with Crippen LogP contribution in [0.4, 0.5) is 0 Å². The Labute approximate surface area is 188 Å². The molecule has 0 radical (unpaired) electrons. The molecule has 7 nitrogen and oxygen atoms in total. The highest BCUT2D eigenvalue weighted by molar-refractivity contribution is 6.46. The molecule has 1 unspecified atom stereocenters. The minimum atomic E-state index is -0.735. The quantitative estimate of drug-likeness (QED) is 0.261. The summed E-state index contributed by atoms with van der Waals surface area (Å²) in [5, 5.41) is 11.1. The number of benzene rings is 2. The number of ketones is 1. The number of likely N-dealkylation sites (tertiary alicyclic amines) is 1. The second-order valence-electron chi connectivity index (χ2n) is 7.49. The van der Waals surface area contributed by atoms with Crippen LogP contribution in [0.1, 0.15) is 36.9 Å². The Morgan fingerprint density at radius 3 is 2.44 bits per heavy atom.